The van der Waals surface area contributed by atoms with Crippen molar-refractivity contribution in [1.82, 2.24) is 10.3 Å². The largest absolute Gasteiger partial charge is 0.441 e. The third-order valence-electron chi connectivity index (χ3n) is 3.65. The summed E-state index contributed by atoms with van der Waals surface area (Å²) in [5.74, 6) is 1.63. The van der Waals surface area contributed by atoms with Gasteiger partial charge in [0.1, 0.15) is 5.76 Å². The number of nitrogens with zero attached hydrogens (tertiary/aromatic N) is 1. The van der Waals surface area contributed by atoms with Crippen LogP contribution in [0.5, 0.6) is 0 Å². The topological polar surface area (TPSA) is 81.2 Å². The van der Waals surface area contributed by atoms with Gasteiger partial charge in [0.25, 0.3) is 0 Å². The Hall–Kier alpha value is -2.14. The van der Waals surface area contributed by atoms with Gasteiger partial charge in [-0.15, -0.1) is 0 Å². The number of aromatic nitrogens is 1. The summed E-state index contributed by atoms with van der Waals surface area (Å²) in [5, 5.41) is 2.98. The van der Waals surface area contributed by atoms with Crippen LogP contribution in [-0.2, 0) is 11.2 Å². The van der Waals surface area contributed by atoms with Crippen molar-refractivity contribution in [3.63, 3.8) is 0 Å². The van der Waals surface area contributed by atoms with Gasteiger partial charge in [0, 0.05) is 18.2 Å². The van der Waals surface area contributed by atoms with Crippen LogP contribution >= 0.6 is 0 Å². The van der Waals surface area contributed by atoms with Crippen LogP contribution in [0.3, 0.4) is 0 Å². The molecule has 1 atom stereocenters. The molecule has 0 spiro atoms. The molecule has 3 N–H and O–H groups in total. The zero-order valence-corrected chi connectivity index (χ0v) is 14.0. The third kappa shape index (κ3) is 4.93. The maximum absolute atomic E-state index is 12.2. The molecule has 2 aromatic rings. The molecule has 5 heteroatoms. The highest BCUT2D eigenvalue weighted by atomic mass is 16.4. The Morgan fingerprint density at radius 3 is 2.61 bits per heavy atom. The van der Waals surface area contributed by atoms with Gasteiger partial charge in [-0.05, 0) is 31.4 Å². The van der Waals surface area contributed by atoms with Crippen molar-refractivity contribution >= 4 is 5.91 Å². The number of hydrogen-bond donors (Lipinski definition) is 2. The Kier molecular flexibility index (Phi) is 5.93. The van der Waals surface area contributed by atoms with Crippen LogP contribution in [-0.4, -0.2) is 23.5 Å². The summed E-state index contributed by atoms with van der Waals surface area (Å²) < 4.78 is 5.68. The molecular weight excluding hydrogens is 290 g/mol. The summed E-state index contributed by atoms with van der Waals surface area (Å²) in [4.78, 5) is 16.7. The van der Waals surface area contributed by atoms with Crippen LogP contribution in [0.1, 0.15) is 31.7 Å². The van der Waals surface area contributed by atoms with E-state index in [4.69, 9.17) is 10.2 Å². The van der Waals surface area contributed by atoms with Gasteiger partial charge in [-0.3, -0.25) is 4.79 Å². The van der Waals surface area contributed by atoms with Gasteiger partial charge >= 0.3 is 0 Å². The first kappa shape index (κ1) is 17.2. The van der Waals surface area contributed by atoms with Crippen molar-refractivity contribution in [2.24, 2.45) is 11.7 Å². The standard InChI is InChI=1S/C18H25N3O2/c1-12(2)9-15(11-19)20-17(22)10-16-13(3)23-18(21-16)14-7-5-4-6-8-14/h4-8,12,15H,9-11,19H2,1-3H3,(H,20,22). The monoisotopic (exact) mass is 315 g/mol. The van der Waals surface area contributed by atoms with E-state index in [2.05, 4.69) is 24.1 Å². The van der Waals surface area contributed by atoms with Crippen LogP contribution in [0.2, 0.25) is 0 Å². The quantitative estimate of drug-likeness (QED) is 0.823. The molecule has 0 saturated heterocycles. The predicted molar refractivity (Wildman–Crippen MR) is 90.8 cm³/mol. The molecule has 0 saturated carbocycles. The van der Waals surface area contributed by atoms with Gasteiger partial charge in [-0.25, -0.2) is 4.98 Å². The number of nitrogens with one attached hydrogen (secondary N) is 1. The lowest BCUT2D eigenvalue weighted by Crippen LogP contribution is -2.41. The second-order valence-electron chi connectivity index (χ2n) is 6.19. The Bertz CT molecular complexity index is 635. The Balaban J connectivity index is 2.03. The van der Waals surface area contributed by atoms with Crippen molar-refractivity contribution in [3.05, 3.63) is 41.8 Å². The lowest BCUT2D eigenvalue weighted by molar-refractivity contribution is -0.121. The number of carbonyl (C=O) groups excluding carboxylic acids is 1. The van der Waals surface area contributed by atoms with E-state index in [1.807, 2.05) is 37.3 Å². The van der Waals surface area contributed by atoms with Gasteiger partial charge in [0.2, 0.25) is 11.8 Å². The number of hydrogen-bond acceptors (Lipinski definition) is 4. The summed E-state index contributed by atoms with van der Waals surface area (Å²) >= 11 is 0. The molecule has 1 unspecified atom stereocenters. The molecule has 2 rings (SSSR count). The minimum absolute atomic E-state index is 0.00306. The molecule has 0 fully saturated rings. The first-order valence-electron chi connectivity index (χ1n) is 8.00. The molecular formula is C18H25N3O2. The van der Waals surface area contributed by atoms with Crippen LogP contribution < -0.4 is 11.1 Å². The van der Waals surface area contributed by atoms with Crippen molar-refractivity contribution in [1.29, 1.82) is 0 Å². The molecule has 0 radical (unpaired) electrons. The van der Waals surface area contributed by atoms with Crippen LogP contribution in [0, 0.1) is 12.8 Å². The lowest BCUT2D eigenvalue weighted by Gasteiger charge is -2.18. The molecule has 0 bridgehead atoms. The molecule has 1 aromatic heterocycles. The highest BCUT2D eigenvalue weighted by molar-refractivity contribution is 5.78. The van der Waals surface area contributed by atoms with Crippen LogP contribution in [0.4, 0.5) is 0 Å². The minimum atomic E-state index is -0.0721. The van der Waals surface area contributed by atoms with E-state index in [9.17, 15) is 4.79 Å². The lowest BCUT2D eigenvalue weighted by atomic mass is 10.0. The Labute approximate surface area is 137 Å². The number of rotatable bonds is 7. The van der Waals surface area contributed by atoms with Crippen LogP contribution in [0.25, 0.3) is 11.5 Å². The molecule has 23 heavy (non-hydrogen) atoms. The molecule has 0 aliphatic heterocycles. The number of amides is 1. The smallest absolute Gasteiger partial charge is 0.226 e. The fourth-order valence-corrected chi connectivity index (χ4v) is 2.51. The molecule has 1 amide bonds. The van der Waals surface area contributed by atoms with E-state index in [0.29, 0.717) is 29.8 Å². The Morgan fingerprint density at radius 1 is 1.30 bits per heavy atom. The van der Waals surface area contributed by atoms with Crippen molar-refractivity contribution in [2.75, 3.05) is 6.54 Å². The molecule has 0 aliphatic rings. The summed E-state index contributed by atoms with van der Waals surface area (Å²) in [5.41, 5.74) is 7.30. The number of carbonyl (C=O) groups is 1. The van der Waals surface area contributed by atoms with E-state index in [1.54, 1.807) is 0 Å². The summed E-state index contributed by atoms with van der Waals surface area (Å²) in [6, 6.07) is 9.67. The van der Waals surface area contributed by atoms with Gasteiger partial charge < -0.3 is 15.5 Å². The molecule has 1 aromatic carbocycles. The normalized spacial score (nSPS) is 12.4. The second-order valence-corrected chi connectivity index (χ2v) is 6.19. The summed E-state index contributed by atoms with van der Waals surface area (Å²) in [6.07, 6.45) is 1.08. The second kappa shape index (κ2) is 7.92. The van der Waals surface area contributed by atoms with E-state index in [1.165, 1.54) is 0 Å². The molecule has 1 heterocycles. The van der Waals surface area contributed by atoms with Gasteiger partial charge in [-0.1, -0.05) is 32.0 Å². The van der Waals surface area contributed by atoms with E-state index in [0.717, 1.165) is 12.0 Å². The predicted octanol–water partition coefficient (Wildman–Crippen LogP) is 2.68. The van der Waals surface area contributed by atoms with Gasteiger partial charge in [0.15, 0.2) is 0 Å². The SMILES string of the molecule is Cc1oc(-c2ccccc2)nc1CC(=O)NC(CN)CC(C)C. The van der Waals surface area contributed by atoms with Gasteiger partial charge in [0.05, 0.1) is 12.1 Å². The first-order valence-corrected chi connectivity index (χ1v) is 8.00. The van der Waals surface area contributed by atoms with Crippen molar-refractivity contribution in [3.8, 4) is 11.5 Å². The maximum Gasteiger partial charge on any atom is 0.226 e. The van der Waals surface area contributed by atoms with E-state index < -0.39 is 0 Å². The average molecular weight is 315 g/mol. The number of benzene rings is 1. The van der Waals surface area contributed by atoms with Crippen LogP contribution in [0.15, 0.2) is 34.7 Å². The zero-order valence-electron chi connectivity index (χ0n) is 14.0. The highest BCUT2D eigenvalue weighted by Gasteiger charge is 2.17. The highest BCUT2D eigenvalue weighted by Crippen LogP contribution is 2.21. The first-order chi connectivity index (χ1) is 11.0. The molecule has 124 valence electrons. The zero-order chi connectivity index (χ0) is 16.8. The van der Waals surface area contributed by atoms with Gasteiger partial charge in [-0.2, -0.15) is 0 Å². The molecule has 5 nitrogen and oxygen atoms in total. The Morgan fingerprint density at radius 2 is 2.00 bits per heavy atom. The third-order valence-corrected chi connectivity index (χ3v) is 3.65. The number of oxazole rings is 1. The molecule has 0 aliphatic carbocycles. The number of nitrogens with two attached hydrogens (primary N) is 1. The fraction of sp³-hybridized carbons (Fsp3) is 0.444. The minimum Gasteiger partial charge on any atom is -0.441 e. The van der Waals surface area contributed by atoms with Crippen molar-refractivity contribution in [2.45, 2.75) is 39.7 Å². The summed E-state index contributed by atoms with van der Waals surface area (Å²) in [7, 11) is 0. The fourth-order valence-electron chi connectivity index (χ4n) is 2.51. The van der Waals surface area contributed by atoms with E-state index >= 15 is 0 Å². The average Bonchev–Trinajstić information content (AvgIpc) is 2.88. The summed E-state index contributed by atoms with van der Waals surface area (Å²) in [6.45, 7) is 6.50. The number of aryl methyl sites for hydroxylation is 1. The maximum atomic E-state index is 12.2. The van der Waals surface area contributed by atoms with E-state index in [-0.39, 0.29) is 18.4 Å². The van der Waals surface area contributed by atoms with Crippen molar-refractivity contribution < 1.29 is 9.21 Å².